The van der Waals surface area contributed by atoms with Crippen LogP contribution < -0.4 is 0 Å². The number of rotatable bonds is 7. The van der Waals surface area contributed by atoms with Crippen molar-refractivity contribution < 1.29 is 4.79 Å². The minimum absolute atomic E-state index is 0.0523. The van der Waals surface area contributed by atoms with Crippen molar-refractivity contribution in [3.63, 3.8) is 0 Å². The molecule has 2 rings (SSSR count). The van der Waals surface area contributed by atoms with E-state index >= 15 is 0 Å². The van der Waals surface area contributed by atoms with E-state index in [0.717, 1.165) is 16.2 Å². The van der Waals surface area contributed by atoms with Gasteiger partial charge in [-0.3, -0.25) is 4.79 Å². The zero-order valence-electron chi connectivity index (χ0n) is 12.1. The number of fused-ring (bicyclic) bond motifs is 1. The van der Waals surface area contributed by atoms with Gasteiger partial charge in [0.2, 0.25) is 5.91 Å². The first-order valence-electron chi connectivity index (χ1n) is 6.72. The quantitative estimate of drug-likeness (QED) is 0.631. The lowest BCUT2D eigenvalue weighted by Crippen LogP contribution is -2.32. The third-order valence-electron chi connectivity index (χ3n) is 3.00. The molecule has 21 heavy (non-hydrogen) atoms. The number of H-pyrrole nitrogens is 1. The van der Waals surface area contributed by atoms with Gasteiger partial charge in [-0.15, -0.1) is 13.2 Å². The molecule has 1 aromatic heterocycles. The zero-order valence-corrected chi connectivity index (χ0v) is 12.9. The molecule has 4 nitrogen and oxygen atoms in total. The van der Waals surface area contributed by atoms with Gasteiger partial charge in [0.05, 0.1) is 16.8 Å². The van der Waals surface area contributed by atoms with Gasteiger partial charge in [-0.1, -0.05) is 30.0 Å². The van der Waals surface area contributed by atoms with Crippen LogP contribution in [0.15, 0.2) is 48.7 Å². The fraction of sp³-hybridized carbons (Fsp3) is 0.250. The molecule has 5 heteroatoms. The van der Waals surface area contributed by atoms with E-state index in [0.29, 0.717) is 18.8 Å². The fourth-order valence-electron chi connectivity index (χ4n) is 1.98. The SMILES string of the molecule is C=CCN(CC=C)C(=O)CSc1nc2ccc(C)cc2[nH]1. The molecule has 2 aromatic rings. The second-order valence-electron chi connectivity index (χ2n) is 4.73. The molecular weight excluding hydrogens is 282 g/mol. The molecule has 0 aliphatic rings. The van der Waals surface area contributed by atoms with Crippen LogP contribution in [-0.4, -0.2) is 39.6 Å². The number of hydrogen-bond acceptors (Lipinski definition) is 3. The van der Waals surface area contributed by atoms with E-state index in [-0.39, 0.29) is 5.91 Å². The summed E-state index contributed by atoms with van der Waals surface area (Å²) in [6.07, 6.45) is 3.44. The standard InChI is InChI=1S/C16H19N3OS/c1-4-8-19(9-5-2)15(20)11-21-16-17-13-7-6-12(3)10-14(13)18-16/h4-7,10H,1-2,8-9,11H2,3H3,(H,17,18). The molecule has 0 aliphatic carbocycles. The Kier molecular flexibility index (Phi) is 5.22. The summed E-state index contributed by atoms with van der Waals surface area (Å²) < 4.78 is 0. The highest BCUT2D eigenvalue weighted by atomic mass is 32.2. The number of thioether (sulfide) groups is 1. The highest BCUT2D eigenvalue weighted by Gasteiger charge is 2.12. The number of benzene rings is 1. The van der Waals surface area contributed by atoms with Crippen LogP contribution in [0.5, 0.6) is 0 Å². The van der Waals surface area contributed by atoms with Gasteiger partial charge in [0.1, 0.15) is 0 Å². The van der Waals surface area contributed by atoms with E-state index in [1.165, 1.54) is 17.3 Å². The number of aromatic nitrogens is 2. The summed E-state index contributed by atoms with van der Waals surface area (Å²) in [5.41, 5.74) is 3.10. The van der Waals surface area contributed by atoms with Crippen molar-refractivity contribution in [2.45, 2.75) is 12.1 Å². The monoisotopic (exact) mass is 301 g/mol. The van der Waals surface area contributed by atoms with Gasteiger partial charge in [-0.05, 0) is 24.6 Å². The third-order valence-corrected chi connectivity index (χ3v) is 3.86. The molecule has 0 spiro atoms. The summed E-state index contributed by atoms with van der Waals surface area (Å²) in [6, 6.07) is 6.06. The van der Waals surface area contributed by atoms with Crippen molar-refractivity contribution in [3.05, 3.63) is 49.1 Å². The number of nitrogens with one attached hydrogen (secondary N) is 1. The molecule has 1 heterocycles. The summed E-state index contributed by atoms with van der Waals surface area (Å²) in [6.45, 7) is 10.4. The topological polar surface area (TPSA) is 49.0 Å². The van der Waals surface area contributed by atoms with Gasteiger partial charge in [-0.25, -0.2) is 4.98 Å². The third kappa shape index (κ3) is 3.98. The summed E-state index contributed by atoms with van der Waals surface area (Å²) in [4.78, 5) is 21.6. The number of aryl methyl sites for hydroxylation is 1. The van der Waals surface area contributed by atoms with E-state index < -0.39 is 0 Å². The molecule has 1 amide bonds. The second-order valence-corrected chi connectivity index (χ2v) is 5.69. The van der Waals surface area contributed by atoms with Gasteiger partial charge in [0.25, 0.3) is 0 Å². The molecule has 0 fully saturated rings. The first-order valence-corrected chi connectivity index (χ1v) is 7.71. The number of amides is 1. The lowest BCUT2D eigenvalue weighted by Gasteiger charge is -2.18. The molecular formula is C16H19N3OS. The average Bonchev–Trinajstić information content (AvgIpc) is 2.86. The van der Waals surface area contributed by atoms with Crippen molar-refractivity contribution in [1.29, 1.82) is 0 Å². The Hall–Kier alpha value is -2.01. The lowest BCUT2D eigenvalue weighted by molar-refractivity contribution is -0.127. The molecule has 0 saturated carbocycles. The van der Waals surface area contributed by atoms with Crippen LogP contribution in [0.3, 0.4) is 0 Å². The van der Waals surface area contributed by atoms with Crippen LogP contribution in [0.25, 0.3) is 11.0 Å². The van der Waals surface area contributed by atoms with E-state index in [1.54, 1.807) is 17.1 Å². The largest absolute Gasteiger partial charge is 0.335 e. The fourth-order valence-corrected chi connectivity index (χ4v) is 2.77. The minimum atomic E-state index is 0.0523. The number of hydrogen-bond donors (Lipinski definition) is 1. The van der Waals surface area contributed by atoms with E-state index in [9.17, 15) is 4.79 Å². The molecule has 0 unspecified atom stereocenters. The van der Waals surface area contributed by atoms with Crippen molar-refractivity contribution in [1.82, 2.24) is 14.9 Å². The molecule has 0 atom stereocenters. The minimum Gasteiger partial charge on any atom is -0.335 e. The van der Waals surface area contributed by atoms with Crippen molar-refractivity contribution in [2.24, 2.45) is 0 Å². The van der Waals surface area contributed by atoms with Crippen LogP contribution in [0, 0.1) is 6.92 Å². The van der Waals surface area contributed by atoms with Gasteiger partial charge in [-0.2, -0.15) is 0 Å². The molecule has 1 N–H and O–H groups in total. The Labute approximate surface area is 128 Å². The van der Waals surface area contributed by atoms with E-state index in [2.05, 4.69) is 29.2 Å². The van der Waals surface area contributed by atoms with E-state index in [4.69, 9.17) is 0 Å². The maximum absolute atomic E-state index is 12.1. The van der Waals surface area contributed by atoms with Gasteiger partial charge in [0.15, 0.2) is 5.16 Å². The number of aromatic amines is 1. The Morgan fingerprint density at radius 3 is 2.76 bits per heavy atom. The zero-order chi connectivity index (χ0) is 15.2. The first-order chi connectivity index (χ1) is 10.1. The van der Waals surface area contributed by atoms with Crippen LogP contribution >= 0.6 is 11.8 Å². The average molecular weight is 301 g/mol. The van der Waals surface area contributed by atoms with Crippen molar-refractivity contribution in [3.8, 4) is 0 Å². The van der Waals surface area contributed by atoms with Crippen LogP contribution in [0.2, 0.25) is 0 Å². The molecule has 0 bridgehead atoms. The Morgan fingerprint density at radius 1 is 1.38 bits per heavy atom. The number of carbonyl (C=O) groups excluding carboxylic acids is 1. The molecule has 110 valence electrons. The first kappa shape index (κ1) is 15.4. The van der Waals surface area contributed by atoms with Gasteiger partial charge >= 0.3 is 0 Å². The van der Waals surface area contributed by atoms with Crippen LogP contribution in [0.4, 0.5) is 0 Å². The highest BCUT2D eigenvalue weighted by Crippen LogP contribution is 2.20. The predicted molar refractivity (Wildman–Crippen MR) is 88.5 cm³/mol. The van der Waals surface area contributed by atoms with Gasteiger partial charge < -0.3 is 9.88 Å². The smallest absolute Gasteiger partial charge is 0.233 e. The summed E-state index contributed by atoms with van der Waals surface area (Å²) >= 11 is 1.41. The number of carbonyl (C=O) groups is 1. The summed E-state index contributed by atoms with van der Waals surface area (Å²) in [5, 5.41) is 0.765. The van der Waals surface area contributed by atoms with Crippen molar-refractivity contribution >= 4 is 28.7 Å². The van der Waals surface area contributed by atoms with Gasteiger partial charge in [0, 0.05) is 13.1 Å². The molecule has 0 saturated heterocycles. The van der Waals surface area contributed by atoms with E-state index in [1.807, 2.05) is 19.1 Å². The highest BCUT2D eigenvalue weighted by molar-refractivity contribution is 7.99. The molecule has 0 radical (unpaired) electrons. The van der Waals surface area contributed by atoms with Crippen molar-refractivity contribution in [2.75, 3.05) is 18.8 Å². The molecule has 1 aromatic carbocycles. The molecule has 0 aliphatic heterocycles. The Balaban J connectivity index is 2.01. The Morgan fingerprint density at radius 2 is 2.10 bits per heavy atom. The Bertz CT molecular complexity index is 653. The van der Waals surface area contributed by atoms with Crippen LogP contribution in [-0.2, 0) is 4.79 Å². The summed E-state index contributed by atoms with van der Waals surface area (Å²) in [7, 11) is 0. The maximum Gasteiger partial charge on any atom is 0.233 e. The maximum atomic E-state index is 12.1. The summed E-state index contributed by atoms with van der Waals surface area (Å²) in [5.74, 6) is 0.400. The predicted octanol–water partition coefficient (Wildman–Crippen LogP) is 3.16. The lowest BCUT2D eigenvalue weighted by atomic mass is 10.2. The van der Waals surface area contributed by atoms with Crippen LogP contribution in [0.1, 0.15) is 5.56 Å². The second kappa shape index (κ2) is 7.13. The number of imidazole rings is 1. The normalized spacial score (nSPS) is 10.5. The number of nitrogens with zero attached hydrogens (tertiary/aromatic N) is 2.